The average Bonchev–Trinajstić information content (AvgIpc) is 3.14. The van der Waals surface area contributed by atoms with Crippen LogP contribution in [0.1, 0.15) is 33.1 Å². The summed E-state index contributed by atoms with van der Waals surface area (Å²) in [7, 11) is 0. The first-order chi connectivity index (χ1) is 13.5. The molecule has 2 bridgehead atoms. The highest BCUT2D eigenvalue weighted by Gasteiger charge is 2.54. The van der Waals surface area contributed by atoms with Crippen LogP contribution in [0.2, 0.25) is 5.28 Å². The molecular weight excluding hydrogens is 394 g/mol. The first kappa shape index (κ1) is 18.1. The van der Waals surface area contributed by atoms with E-state index in [0.717, 1.165) is 27.7 Å². The lowest BCUT2D eigenvalue weighted by molar-refractivity contribution is -0.114. The Kier molecular flexibility index (Phi) is 4.39. The molecule has 0 saturated heterocycles. The van der Waals surface area contributed by atoms with Gasteiger partial charge in [0.15, 0.2) is 0 Å². The van der Waals surface area contributed by atoms with E-state index in [-0.39, 0.29) is 11.3 Å². The topological polar surface area (TPSA) is 72.8 Å². The van der Waals surface area contributed by atoms with Crippen LogP contribution < -0.4 is 10.1 Å². The Labute approximate surface area is 172 Å². The molecule has 2 heterocycles. The van der Waals surface area contributed by atoms with Gasteiger partial charge < -0.3 is 10.1 Å². The number of thiazole rings is 1. The van der Waals surface area contributed by atoms with Crippen molar-refractivity contribution in [2.45, 2.75) is 33.1 Å². The van der Waals surface area contributed by atoms with E-state index in [1.807, 2.05) is 23.7 Å². The van der Waals surface area contributed by atoms with E-state index >= 15 is 0 Å². The second kappa shape index (κ2) is 6.81. The second-order valence-electron chi connectivity index (χ2n) is 8.38. The molecule has 0 radical (unpaired) electrons. The number of nitrogens with zero attached hydrogens (tertiary/aromatic N) is 4. The highest BCUT2D eigenvalue weighted by atomic mass is 35.5. The van der Waals surface area contributed by atoms with Gasteiger partial charge >= 0.3 is 6.01 Å². The van der Waals surface area contributed by atoms with Crippen LogP contribution in [0.5, 0.6) is 6.01 Å². The van der Waals surface area contributed by atoms with Crippen LogP contribution in [-0.4, -0.2) is 26.5 Å². The van der Waals surface area contributed by atoms with Crippen molar-refractivity contribution in [3.05, 3.63) is 29.0 Å². The molecule has 28 heavy (non-hydrogen) atoms. The number of benzene rings is 1. The molecule has 0 spiro atoms. The fourth-order valence-electron chi connectivity index (χ4n) is 4.86. The molecule has 3 saturated carbocycles. The minimum Gasteiger partial charge on any atom is -0.463 e. The van der Waals surface area contributed by atoms with E-state index < -0.39 is 0 Å². The van der Waals surface area contributed by atoms with E-state index in [1.165, 1.54) is 19.3 Å². The highest BCUT2D eigenvalue weighted by Crippen LogP contribution is 2.61. The fraction of sp³-hybridized carbons (Fsp3) is 0.500. The Balaban J connectivity index is 1.29. The number of ether oxygens (including phenoxy) is 1. The molecule has 6 rings (SSSR count). The fourth-order valence-corrected chi connectivity index (χ4v) is 5.73. The SMILES string of the molecule is CC1(C)[C@H]2CCC(COc3nc(Cl)nc(Nc4ccc5ncsc5c4)n3)[C@@H]1C2. The van der Waals surface area contributed by atoms with Crippen molar-refractivity contribution >= 4 is 44.8 Å². The van der Waals surface area contributed by atoms with Crippen LogP contribution in [0, 0.1) is 23.2 Å². The zero-order chi connectivity index (χ0) is 19.3. The van der Waals surface area contributed by atoms with Crippen LogP contribution in [-0.2, 0) is 0 Å². The number of rotatable bonds is 5. The molecule has 146 valence electrons. The molecule has 3 aliphatic carbocycles. The van der Waals surface area contributed by atoms with Crippen LogP contribution in [0.4, 0.5) is 11.6 Å². The summed E-state index contributed by atoms with van der Waals surface area (Å²) in [6.45, 7) is 5.41. The van der Waals surface area contributed by atoms with Crippen molar-refractivity contribution in [1.82, 2.24) is 19.9 Å². The van der Waals surface area contributed by atoms with Crippen LogP contribution in [0.3, 0.4) is 0 Å². The largest absolute Gasteiger partial charge is 0.463 e. The zero-order valence-corrected chi connectivity index (χ0v) is 17.4. The monoisotopic (exact) mass is 415 g/mol. The van der Waals surface area contributed by atoms with Crippen molar-refractivity contribution in [2.24, 2.45) is 23.2 Å². The van der Waals surface area contributed by atoms with Crippen LogP contribution >= 0.6 is 22.9 Å². The van der Waals surface area contributed by atoms with Gasteiger partial charge in [-0.3, -0.25) is 0 Å². The van der Waals surface area contributed by atoms with E-state index in [1.54, 1.807) is 11.3 Å². The summed E-state index contributed by atoms with van der Waals surface area (Å²) in [6, 6.07) is 6.20. The van der Waals surface area contributed by atoms with Gasteiger partial charge in [0.2, 0.25) is 11.2 Å². The maximum absolute atomic E-state index is 6.11. The number of hydrogen-bond acceptors (Lipinski definition) is 7. The van der Waals surface area contributed by atoms with E-state index in [2.05, 4.69) is 39.1 Å². The molecule has 3 aromatic rings. The van der Waals surface area contributed by atoms with Gasteiger partial charge in [-0.2, -0.15) is 15.0 Å². The molecule has 8 heteroatoms. The summed E-state index contributed by atoms with van der Waals surface area (Å²) in [6.07, 6.45) is 3.84. The minimum absolute atomic E-state index is 0.124. The first-order valence-corrected chi connectivity index (χ1v) is 10.9. The minimum atomic E-state index is 0.124. The van der Waals surface area contributed by atoms with Gasteiger partial charge in [-0.05, 0) is 72.2 Å². The van der Waals surface area contributed by atoms with Crippen molar-refractivity contribution in [1.29, 1.82) is 0 Å². The number of aromatic nitrogens is 4. The Bertz CT molecular complexity index is 1020. The van der Waals surface area contributed by atoms with Gasteiger partial charge in [0.1, 0.15) is 0 Å². The molecule has 0 amide bonds. The molecule has 0 aliphatic heterocycles. The maximum atomic E-state index is 6.11. The molecule has 3 aliphatic rings. The predicted molar refractivity (Wildman–Crippen MR) is 111 cm³/mol. The van der Waals surface area contributed by atoms with E-state index in [4.69, 9.17) is 16.3 Å². The summed E-state index contributed by atoms with van der Waals surface area (Å²) in [4.78, 5) is 17.0. The highest BCUT2D eigenvalue weighted by molar-refractivity contribution is 7.16. The molecule has 2 aromatic heterocycles. The smallest absolute Gasteiger partial charge is 0.322 e. The lowest BCUT2D eigenvalue weighted by Gasteiger charge is -2.60. The van der Waals surface area contributed by atoms with Gasteiger partial charge in [-0.25, -0.2) is 4.98 Å². The summed E-state index contributed by atoms with van der Waals surface area (Å²) in [5.41, 5.74) is 4.11. The first-order valence-electron chi connectivity index (χ1n) is 9.64. The summed E-state index contributed by atoms with van der Waals surface area (Å²) >= 11 is 7.70. The molecule has 6 nitrogen and oxygen atoms in total. The third-order valence-corrected chi connectivity index (χ3v) is 7.56. The standard InChI is InChI=1S/C20H22ClN5OS/c1-20(2)12-4-3-11(14(20)7-12)9-27-19-25-17(21)24-18(26-19)23-13-5-6-15-16(8-13)28-10-22-15/h5-6,8,10-12,14H,3-4,7,9H2,1-2H3,(H,23,24,25,26)/t11?,12-,14-/m0/s1. The Morgan fingerprint density at radius 1 is 1.25 bits per heavy atom. The van der Waals surface area contributed by atoms with Crippen molar-refractivity contribution in [3.63, 3.8) is 0 Å². The molecule has 1 N–H and O–H groups in total. The van der Waals surface area contributed by atoms with E-state index in [0.29, 0.717) is 23.9 Å². The van der Waals surface area contributed by atoms with Gasteiger partial charge in [0.05, 0.1) is 22.3 Å². The summed E-state index contributed by atoms with van der Waals surface area (Å²) < 4.78 is 7.05. The maximum Gasteiger partial charge on any atom is 0.322 e. The lowest BCUT2D eigenvalue weighted by Crippen LogP contribution is -2.53. The third-order valence-electron chi connectivity index (χ3n) is 6.60. The second-order valence-corrected chi connectivity index (χ2v) is 9.60. The third kappa shape index (κ3) is 3.20. The van der Waals surface area contributed by atoms with Crippen LogP contribution in [0.25, 0.3) is 10.2 Å². The number of fused-ring (bicyclic) bond motifs is 3. The number of nitrogens with one attached hydrogen (secondary N) is 1. The summed E-state index contributed by atoms with van der Waals surface area (Å²) in [5, 5.41) is 3.31. The quantitative estimate of drug-likeness (QED) is 0.607. The Hall–Kier alpha value is -1.99. The van der Waals surface area contributed by atoms with Gasteiger partial charge in [0, 0.05) is 5.69 Å². The molecule has 3 fully saturated rings. The predicted octanol–water partition coefficient (Wildman–Crippen LogP) is 5.33. The normalized spacial score (nSPS) is 25.3. The Morgan fingerprint density at radius 2 is 2.14 bits per heavy atom. The van der Waals surface area contributed by atoms with Gasteiger partial charge in [0.25, 0.3) is 0 Å². The number of hydrogen-bond donors (Lipinski definition) is 1. The van der Waals surface area contributed by atoms with Crippen molar-refractivity contribution in [3.8, 4) is 6.01 Å². The molecular formula is C20H22ClN5OS. The molecule has 3 atom stereocenters. The molecule has 1 aromatic carbocycles. The summed E-state index contributed by atoms with van der Waals surface area (Å²) in [5.74, 6) is 2.55. The average molecular weight is 416 g/mol. The number of anilines is 2. The van der Waals surface area contributed by atoms with Gasteiger partial charge in [-0.1, -0.05) is 13.8 Å². The van der Waals surface area contributed by atoms with Crippen molar-refractivity contribution in [2.75, 3.05) is 11.9 Å². The zero-order valence-electron chi connectivity index (χ0n) is 15.9. The Morgan fingerprint density at radius 3 is 2.96 bits per heavy atom. The molecule has 1 unspecified atom stereocenters. The van der Waals surface area contributed by atoms with E-state index in [9.17, 15) is 0 Å². The number of halogens is 1. The van der Waals surface area contributed by atoms with Gasteiger partial charge in [-0.15, -0.1) is 11.3 Å². The van der Waals surface area contributed by atoms with Crippen LogP contribution in [0.15, 0.2) is 23.7 Å². The lowest BCUT2D eigenvalue weighted by atomic mass is 9.46. The van der Waals surface area contributed by atoms with Crippen molar-refractivity contribution < 1.29 is 4.74 Å².